The number of hydrogen-bond donors (Lipinski definition) is 1. The van der Waals surface area contributed by atoms with Crippen LogP contribution in [-0.4, -0.2) is 16.8 Å². The van der Waals surface area contributed by atoms with E-state index in [1.165, 1.54) is 0 Å². The van der Waals surface area contributed by atoms with Crippen molar-refractivity contribution >= 4 is 17.0 Å². The Balaban J connectivity index is 2.14. The number of aliphatic hydroxyl groups is 1. The van der Waals surface area contributed by atoms with E-state index in [1.54, 1.807) is 6.07 Å². The van der Waals surface area contributed by atoms with E-state index in [-0.39, 0.29) is 12.0 Å². The standard InChI is InChI=1S/C23H28O5/c1-6-8-13-11-16(24)27-22-17(13)21-14(9-10-23(4,5)28-21)20-18(22)19(25)12(3)15(7-2)26-20/h9-12,15,19,25H,6-8H2,1-5H3/t12-,15+,19+/m0/s1. The highest BCUT2D eigenvalue weighted by Gasteiger charge is 2.40. The van der Waals surface area contributed by atoms with Crippen LogP contribution in [0.3, 0.4) is 0 Å². The summed E-state index contributed by atoms with van der Waals surface area (Å²) in [6.07, 6.45) is 5.51. The van der Waals surface area contributed by atoms with Crippen LogP contribution in [0.25, 0.3) is 17.0 Å². The number of aliphatic hydroxyl groups excluding tert-OH is 1. The Morgan fingerprint density at radius 2 is 1.96 bits per heavy atom. The maximum Gasteiger partial charge on any atom is 0.336 e. The van der Waals surface area contributed by atoms with E-state index in [2.05, 4.69) is 6.92 Å². The molecule has 2 aliphatic rings. The van der Waals surface area contributed by atoms with Gasteiger partial charge in [-0.15, -0.1) is 0 Å². The van der Waals surface area contributed by atoms with E-state index in [4.69, 9.17) is 13.9 Å². The topological polar surface area (TPSA) is 68.9 Å². The Hall–Kier alpha value is -2.27. The third-order valence-corrected chi connectivity index (χ3v) is 5.84. The van der Waals surface area contributed by atoms with Crippen molar-refractivity contribution < 1.29 is 19.0 Å². The number of benzene rings is 1. The summed E-state index contributed by atoms with van der Waals surface area (Å²) in [6, 6.07) is 1.54. The van der Waals surface area contributed by atoms with Gasteiger partial charge in [0.15, 0.2) is 5.58 Å². The van der Waals surface area contributed by atoms with Crippen molar-refractivity contribution in [2.45, 2.75) is 71.7 Å². The Morgan fingerprint density at radius 1 is 1.21 bits per heavy atom. The first kappa shape index (κ1) is 19.1. The van der Waals surface area contributed by atoms with Crippen LogP contribution in [0.5, 0.6) is 11.5 Å². The molecule has 0 saturated carbocycles. The van der Waals surface area contributed by atoms with Crippen molar-refractivity contribution in [3.63, 3.8) is 0 Å². The first-order valence-corrected chi connectivity index (χ1v) is 10.2. The average Bonchev–Trinajstić information content (AvgIpc) is 2.63. The summed E-state index contributed by atoms with van der Waals surface area (Å²) in [5, 5.41) is 11.9. The molecule has 1 N–H and O–H groups in total. The number of fused-ring (bicyclic) bond motifs is 6. The third-order valence-electron chi connectivity index (χ3n) is 5.84. The summed E-state index contributed by atoms with van der Waals surface area (Å²) in [4.78, 5) is 12.3. The predicted octanol–water partition coefficient (Wildman–Crippen LogP) is 4.77. The van der Waals surface area contributed by atoms with E-state index in [0.29, 0.717) is 22.6 Å². The van der Waals surface area contributed by atoms with E-state index < -0.39 is 17.3 Å². The van der Waals surface area contributed by atoms with Crippen molar-refractivity contribution in [2.24, 2.45) is 5.92 Å². The zero-order valence-corrected chi connectivity index (χ0v) is 17.2. The molecular formula is C23H28O5. The van der Waals surface area contributed by atoms with Gasteiger partial charge in [-0.1, -0.05) is 27.2 Å². The minimum atomic E-state index is -0.773. The van der Waals surface area contributed by atoms with Crippen LogP contribution in [0, 0.1) is 5.92 Å². The number of aryl methyl sites for hydroxylation is 1. The van der Waals surface area contributed by atoms with E-state index in [1.807, 2.05) is 39.8 Å². The molecule has 3 heterocycles. The minimum Gasteiger partial charge on any atom is -0.489 e. The molecule has 0 saturated heterocycles. The van der Waals surface area contributed by atoms with Gasteiger partial charge < -0.3 is 19.0 Å². The Morgan fingerprint density at radius 3 is 2.64 bits per heavy atom. The maximum atomic E-state index is 12.3. The van der Waals surface area contributed by atoms with Crippen LogP contribution in [0.4, 0.5) is 0 Å². The lowest BCUT2D eigenvalue weighted by Crippen LogP contribution is -2.35. The van der Waals surface area contributed by atoms with Crippen molar-refractivity contribution in [3.8, 4) is 11.5 Å². The molecule has 1 aromatic heterocycles. The average molecular weight is 384 g/mol. The van der Waals surface area contributed by atoms with Crippen LogP contribution in [0.2, 0.25) is 0 Å². The zero-order valence-electron chi connectivity index (χ0n) is 17.2. The molecule has 150 valence electrons. The molecule has 0 spiro atoms. The van der Waals surface area contributed by atoms with E-state index >= 15 is 0 Å². The highest BCUT2D eigenvalue weighted by Crippen LogP contribution is 2.52. The molecule has 2 aliphatic heterocycles. The molecule has 5 heteroatoms. The van der Waals surface area contributed by atoms with Gasteiger partial charge in [-0.05, 0) is 44.4 Å². The predicted molar refractivity (Wildman–Crippen MR) is 109 cm³/mol. The molecule has 2 aromatic rings. The van der Waals surface area contributed by atoms with Gasteiger partial charge in [-0.25, -0.2) is 4.79 Å². The fourth-order valence-corrected chi connectivity index (χ4v) is 4.35. The molecule has 28 heavy (non-hydrogen) atoms. The fraction of sp³-hybridized carbons (Fsp3) is 0.522. The lowest BCUT2D eigenvalue weighted by atomic mass is 9.84. The highest BCUT2D eigenvalue weighted by atomic mass is 16.5. The molecule has 0 aliphatic carbocycles. The van der Waals surface area contributed by atoms with Gasteiger partial charge in [-0.2, -0.15) is 0 Å². The monoisotopic (exact) mass is 384 g/mol. The lowest BCUT2D eigenvalue weighted by Gasteiger charge is -2.38. The van der Waals surface area contributed by atoms with Crippen LogP contribution >= 0.6 is 0 Å². The normalized spacial score (nSPS) is 25.0. The van der Waals surface area contributed by atoms with Crippen molar-refractivity contribution in [2.75, 3.05) is 0 Å². The van der Waals surface area contributed by atoms with Gasteiger partial charge in [0.1, 0.15) is 23.2 Å². The van der Waals surface area contributed by atoms with Gasteiger partial charge in [0.05, 0.1) is 22.6 Å². The Bertz CT molecular complexity index is 1010. The van der Waals surface area contributed by atoms with E-state index in [9.17, 15) is 9.90 Å². The molecular weight excluding hydrogens is 356 g/mol. The molecule has 3 atom stereocenters. The van der Waals surface area contributed by atoms with Crippen molar-refractivity contribution in [1.82, 2.24) is 0 Å². The van der Waals surface area contributed by atoms with Gasteiger partial charge in [0.25, 0.3) is 0 Å². The fourth-order valence-electron chi connectivity index (χ4n) is 4.35. The van der Waals surface area contributed by atoms with Gasteiger partial charge in [-0.3, -0.25) is 0 Å². The van der Waals surface area contributed by atoms with Crippen LogP contribution in [-0.2, 0) is 6.42 Å². The molecule has 0 bridgehead atoms. The van der Waals surface area contributed by atoms with Crippen LogP contribution in [0.1, 0.15) is 70.3 Å². The number of hydrogen-bond acceptors (Lipinski definition) is 5. The first-order chi connectivity index (χ1) is 13.3. The summed E-state index contributed by atoms with van der Waals surface area (Å²) in [5.41, 5.74) is 1.76. The highest BCUT2D eigenvalue weighted by molar-refractivity contribution is 5.97. The quantitative estimate of drug-likeness (QED) is 0.772. The minimum absolute atomic E-state index is 0.108. The smallest absolute Gasteiger partial charge is 0.336 e. The summed E-state index contributed by atoms with van der Waals surface area (Å²) in [5.74, 6) is 1.14. The van der Waals surface area contributed by atoms with Crippen LogP contribution in [0.15, 0.2) is 21.4 Å². The second kappa shape index (κ2) is 6.66. The molecule has 0 radical (unpaired) electrons. The largest absolute Gasteiger partial charge is 0.489 e. The molecule has 0 amide bonds. The molecule has 5 nitrogen and oxygen atoms in total. The lowest BCUT2D eigenvalue weighted by molar-refractivity contribution is 0.00712. The van der Waals surface area contributed by atoms with Gasteiger partial charge in [0.2, 0.25) is 0 Å². The second-order valence-corrected chi connectivity index (χ2v) is 8.44. The molecule has 1 aromatic carbocycles. The third kappa shape index (κ3) is 2.84. The van der Waals surface area contributed by atoms with Crippen LogP contribution < -0.4 is 15.1 Å². The van der Waals surface area contributed by atoms with Crippen molar-refractivity contribution in [3.05, 3.63) is 39.3 Å². The summed E-state index contributed by atoms with van der Waals surface area (Å²) >= 11 is 0. The van der Waals surface area contributed by atoms with Crippen molar-refractivity contribution in [1.29, 1.82) is 0 Å². The SMILES string of the molecule is CCCc1cc(=O)oc2c3c(c4c(c12)OC(C)(C)C=C4)O[C@H](CC)[C@H](C)[C@H]3O. The number of rotatable bonds is 3. The second-order valence-electron chi connectivity index (χ2n) is 8.44. The van der Waals surface area contributed by atoms with Gasteiger partial charge in [0, 0.05) is 12.0 Å². The first-order valence-electron chi connectivity index (χ1n) is 10.2. The Kier molecular flexibility index (Phi) is 4.53. The summed E-state index contributed by atoms with van der Waals surface area (Å²) in [7, 11) is 0. The molecule has 0 fully saturated rings. The maximum absolute atomic E-state index is 12.3. The number of ether oxygens (including phenoxy) is 2. The zero-order chi connectivity index (χ0) is 20.2. The summed E-state index contributed by atoms with van der Waals surface area (Å²) in [6.45, 7) is 10.1. The van der Waals surface area contributed by atoms with E-state index in [0.717, 1.165) is 35.8 Å². The Labute approximate surface area is 165 Å². The molecule has 4 rings (SSSR count). The van der Waals surface area contributed by atoms with Gasteiger partial charge >= 0.3 is 5.63 Å². The molecule has 0 unspecified atom stereocenters. The summed E-state index contributed by atoms with van der Waals surface area (Å²) < 4.78 is 18.3.